The molecule has 0 aliphatic rings. The Labute approximate surface area is 158 Å². The van der Waals surface area contributed by atoms with E-state index in [4.69, 9.17) is 0 Å². The van der Waals surface area contributed by atoms with Gasteiger partial charge in [-0.15, -0.1) is 0 Å². The molecule has 0 fully saturated rings. The summed E-state index contributed by atoms with van der Waals surface area (Å²) in [5.74, 6) is 0.646. The van der Waals surface area contributed by atoms with E-state index < -0.39 is 0 Å². The molecule has 0 spiro atoms. The van der Waals surface area contributed by atoms with Crippen molar-refractivity contribution < 1.29 is 29.5 Å². The van der Waals surface area contributed by atoms with Crippen molar-refractivity contribution in [3.63, 3.8) is 0 Å². The first-order chi connectivity index (χ1) is 11.6. The first-order valence-electron chi connectivity index (χ1n) is 7.08. The van der Waals surface area contributed by atoms with E-state index in [1.807, 2.05) is 35.7 Å². The van der Waals surface area contributed by atoms with E-state index in [0.717, 1.165) is 20.5 Å². The van der Waals surface area contributed by atoms with Gasteiger partial charge in [0.15, 0.2) is 0 Å². The van der Waals surface area contributed by atoms with Crippen LogP contribution in [0.5, 0.6) is 0 Å². The summed E-state index contributed by atoms with van der Waals surface area (Å²) in [7, 11) is 3.53. The van der Waals surface area contributed by atoms with Gasteiger partial charge in [0.05, 0.1) is 0 Å². The second kappa shape index (κ2) is 7.32. The van der Waals surface area contributed by atoms with Gasteiger partial charge < -0.3 is 0 Å². The molecule has 8 heteroatoms. The molecule has 0 radical (unpaired) electrons. The normalized spacial score (nSPS) is 10.5. The molecule has 3 aromatic rings. The maximum absolute atomic E-state index is 12.6. The monoisotopic (exact) mass is 535 g/mol. The van der Waals surface area contributed by atoms with Crippen molar-refractivity contribution >= 4 is 31.5 Å². The zero-order valence-corrected chi connectivity index (χ0v) is 16.8. The van der Waals surface area contributed by atoms with E-state index in [2.05, 4.69) is 20.3 Å². The minimum atomic E-state index is -0.0761. The van der Waals surface area contributed by atoms with Gasteiger partial charge in [0.25, 0.3) is 0 Å². The first kappa shape index (κ1) is 16.9. The molecule has 122 valence electrons. The first-order valence-corrected chi connectivity index (χ1v) is 9.42. The van der Waals surface area contributed by atoms with E-state index in [-0.39, 0.29) is 5.91 Å². The summed E-state index contributed by atoms with van der Waals surface area (Å²) in [5, 5.41) is 5.49. The van der Waals surface area contributed by atoms with E-state index >= 15 is 0 Å². The molecule has 0 unspecified atom stereocenters. The third-order valence-corrected chi connectivity index (χ3v) is 5.17. The number of thiazole rings is 1. The van der Waals surface area contributed by atoms with Crippen molar-refractivity contribution in [2.75, 3.05) is 24.3 Å². The fraction of sp³-hybridized carbons (Fsp3) is 0.125. The Morgan fingerprint density at radius 2 is 2.08 bits per heavy atom. The van der Waals surface area contributed by atoms with Crippen LogP contribution in [0, 0.1) is 24.7 Å². The topological polar surface area (TPSA) is 71.0 Å². The third kappa shape index (κ3) is 3.60. The van der Waals surface area contributed by atoms with Crippen molar-refractivity contribution in [3.8, 4) is 11.4 Å². The van der Waals surface area contributed by atoms with E-state index in [0.29, 0.717) is 10.7 Å². The molecule has 0 aliphatic heterocycles. The van der Waals surface area contributed by atoms with Crippen LogP contribution in [0.3, 0.4) is 0 Å². The van der Waals surface area contributed by atoms with Gasteiger partial charge in [-0.2, -0.15) is 0 Å². The van der Waals surface area contributed by atoms with Crippen molar-refractivity contribution in [2.24, 2.45) is 0 Å². The number of hydrogen-bond acceptors (Lipinski definition) is 6. The van der Waals surface area contributed by atoms with Crippen molar-refractivity contribution in [3.05, 3.63) is 47.6 Å². The van der Waals surface area contributed by atoms with Crippen LogP contribution < -0.4 is 13.5 Å². The molecular formula is C16H14AtN5OS. The quantitative estimate of drug-likeness (QED) is 0.555. The summed E-state index contributed by atoms with van der Waals surface area (Å²) >= 11 is 2.96. The summed E-state index contributed by atoms with van der Waals surface area (Å²) in [4.78, 5) is 27.0. The van der Waals surface area contributed by atoms with Gasteiger partial charge in [-0.3, -0.25) is 0 Å². The summed E-state index contributed by atoms with van der Waals surface area (Å²) < 4.78 is 1.11. The minimum absolute atomic E-state index is 0.0761. The number of carbonyl (C=O) groups is 1. The molecule has 1 aromatic carbocycles. The molecule has 2 heterocycles. The van der Waals surface area contributed by atoms with Crippen molar-refractivity contribution in [1.29, 1.82) is 0 Å². The van der Waals surface area contributed by atoms with Crippen LogP contribution in [0.1, 0.15) is 10.4 Å². The number of carbonyl (C=O) groups excluding carboxylic acids is 1. The number of nitrogens with zero attached hydrogens (tertiary/aromatic N) is 4. The molecule has 2 aromatic heterocycles. The van der Waals surface area contributed by atoms with Crippen molar-refractivity contribution in [2.45, 2.75) is 0 Å². The number of rotatable bonds is 4. The predicted molar refractivity (Wildman–Crippen MR) is 91.5 cm³/mol. The molecule has 6 nitrogen and oxygen atoms in total. The number of aromatic nitrogens is 3. The Morgan fingerprint density at radius 1 is 1.25 bits per heavy atom. The Kier molecular flexibility index (Phi) is 5.16. The van der Waals surface area contributed by atoms with Gasteiger partial charge in [-0.1, -0.05) is 0 Å². The van der Waals surface area contributed by atoms with Crippen LogP contribution in [0.25, 0.3) is 11.4 Å². The molecule has 0 bridgehead atoms. The number of hydrogen-bond donors (Lipinski definition) is 1. The molecule has 0 aliphatic carbocycles. The van der Waals surface area contributed by atoms with Crippen LogP contribution >= 0.6 is 11.3 Å². The second-order valence-electron chi connectivity index (χ2n) is 4.93. The number of nitrogens with one attached hydrogen (secondary N) is 1. The molecule has 0 saturated heterocycles. The Hall–Kier alpha value is -1.92. The molecule has 1 amide bonds. The fourth-order valence-electron chi connectivity index (χ4n) is 2.07. The number of anilines is 2. The Morgan fingerprint density at radius 3 is 2.83 bits per heavy atom. The summed E-state index contributed by atoms with van der Waals surface area (Å²) in [6, 6.07) is 9.42. The molecular weight excluding hydrogens is 521 g/mol. The van der Waals surface area contributed by atoms with Crippen LogP contribution in [-0.2, 0) is 0 Å². The summed E-state index contributed by atoms with van der Waals surface area (Å²) in [5.41, 5.74) is 2.10. The SMILES string of the molecule is CNc1cc(-c2csc(N(C)C(=O)c3cccc([211At])c3)n2)ncn1. The van der Waals surface area contributed by atoms with Crippen molar-refractivity contribution in [1.82, 2.24) is 15.0 Å². The summed E-state index contributed by atoms with van der Waals surface area (Å²) in [6.07, 6.45) is 1.49. The zero-order chi connectivity index (χ0) is 17.1. The predicted octanol–water partition coefficient (Wildman–Crippen LogP) is 2.09. The van der Waals surface area contributed by atoms with Gasteiger partial charge in [-0.05, 0) is 0 Å². The average Bonchev–Trinajstić information content (AvgIpc) is 3.10. The van der Waals surface area contributed by atoms with E-state index in [1.165, 1.54) is 17.7 Å². The van der Waals surface area contributed by atoms with Gasteiger partial charge in [0.1, 0.15) is 0 Å². The zero-order valence-electron chi connectivity index (χ0n) is 13.0. The maximum atomic E-state index is 12.6. The van der Waals surface area contributed by atoms with E-state index in [9.17, 15) is 4.79 Å². The molecule has 1 N–H and O–H groups in total. The van der Waals surface area contributed by atoms with Crippen LogP contribution in [-0.4, -0.2) is 35.0 Å². The Balaban J connectivity index is 1.85. The van der Waals surface area contributed by atoms with Crippen LogP contribution in [0.15, 0.2) is 42.0 Å². The second-order valence-corrected chi connectivity index (χ2v) is 7.46. The molecule has 0 atom stereocenters. The average molecular weight is 535 g/mol. The molecule has 0 saturated carbocycles. The van der Waals surface area contributed by atoms with E-state index in [1.54, 1.807) is 43.7 Å². The summed E-state index contributed by atoms with van der Waals surface area (Å²) in [6.45, 7) is 0. The van der Waals surface area contributed by atoms with Crippen LogP contribution in [0.2, 0.25) is 0 Å². The fourth-order valence-corrected chi connectivity index (χ4v) is 3.59. The van der Waals surface area contributed by atoms with Crippen LogP contribution in [0.4, 0.5) is 10.9 Å². The number of benzene rings is 1. The Bertz CT molecular complexity index is 882. The van der Waals surface area contributed by atoms with Gasteiger partial charge in [0, 0.05) is 7.05 Å². The van der Waals surface area contributed by atoms with Gasteiger partial charge >= 0.3 is 152 Å². The van der Waals surface area contributed by atoms with Gasteiger partial charge in [-0.25, -0.2) is 0 Å². The standard InChI is InChI=1S/C16H14AtN5OS/c1-18-14-7-12(19-9-20-14)13-8-24-16(21-13)22(2)15(23)10-4-3-5-11(17)6-10/h3-9H,1-2H3,(H,18,19,20)/i17+1. The molecule has 24 heavy (non-hydrogen) atoms. The van der Waals surface area contributed by atoms with Gasteiger partial charge in [0.2, 0.25) is 0 Å². The third-order valence-electron chi connectivity index (χ3n) is 3.34. The molecule has 3 rings (SSSR count). The number of amides is 1.